The predicted molar refractivity (Wildman–Crippen MR) is 101 cm³/mol. The summed E-state index contributed by atoms with van der Waals surface area (Å²) >= 11 is 0. The molecule has 2 aliphatic rings. The molecule has 1 spiro atoms. The maximum absolute atomic E-state index is 12.3. The smallest absolute Gasteiger partial charge is 0.315 e. The van der Waals surface area contributed by atoms with Gasteiger partial charge in [0.15, 0.2) is 0 Å². The van der Waals surface area contributed by atoms with Crippen LogP contribution in [0.25, 0.3) is 0 Å². The van der Waals surface area contributed by atoms with Gasteiger partial charge in [-0.05, 0) is 57.2 Å². The Morgan fingerprint density at radius 2 is 2.12 bits per heavy atom. The van der Waals surface area contributed by atoms with Gasteiger partial charge < -0.3 is 20.7 Å². The molecule has 3 N–H and O–H groups in total. The minimum absolute atomic E-state index is 0.0348. The van der Waals surface area contributed by atoms with E-state index in [4.69, 9.17) is 4.74 Å². The molecule has 5 nitrogen and oxygen atoms in total. The van der Waals surface area contributed by atoms with Crippen LogP contribution in [0.3, 0.4) is 0 Å². The van der Waals surface area contributed by atoms with Gasteiger partial charge >= 0.3 is 6.03 Å². The molecule has 0 radical (unpaired) electrons. The summed E-state index contributed by atoms with van der Waals surface area (Å²) in [6.07, 6.45) is 6.64. The van der Waals surface area contributed by atoms with Crippen molar-refractivity contribution >= 4 is 11.7 Å². The lowest BCUT2D eigenvalue weighted by atomic mass is 9.89. The molecule has 25 heavy (non-hydrogen) atoms. The highest BCUT2D eigenvalue weighted by atomic mass is 16.5. The number of amides is 2. The van der Waals surface area contributed by atoms with Crippen molar-refractivity contribution in [3.63, 3.8) is 0 Å². The van der Waals surface area contributed by atoms with Crippen LogP contribution in [0.2, 0.25) is 0 Å². The largest absolute Gasteiger partial charge is 0.383 e. The van der Waals surface area contributed by atoms with Crippen LogP contribution in [0.4, 0.5) is 10.5 Å². The monoisotopic (exact) mass is 345 g/mol. The van der Waals surface area contributed by atoms with Crippen molar-refractivity contribution < 1.29 is 9.53 Å². The zero-order valence-electron chi connectivity index (χ0n) is 15.4. The Morgan fingerprint density at radius 3 is 2.88 bits per heavy atom. The summed E-state index contributed by atoms with van der Waals surface area (Å²) in [7, 11) is 0. The highest BCUT2D eigenvalue weighted by Crippen LogP contribution is 2.39. The summed E-state index contributed by atoms with van der Waals surface area (Å²) in [4.78, 5) is 12.3. The quantitative estimate of drug-likeness (QED) is 0.761. The van der Waals surface area contributed by atoms with Gasteiger partial charge in [-0.2, -0.15) is 0 Å². The maximum Gasteiger partial charge on any atom is 0.315 e. The van der Waals surface area contributed by atoms with Gasteiger partial charge in [0.25, 0.3) is 0 Å². The molecule has 1 saturated carbocycles. The van der Waals surface area contributed by atoms with Crippen molar-refractivity contribution in [1.82, 2.24) is 10.6 Å². The van der Waals surface area contributed by atoms with Crippen molar-refractivity contribution in [2.24, 2.45) is 0 Å². The summed E-state index contributed by atoms with van der Waals surface area (Å²) in [5.41, 5.74) is 2.22. The summed E-state index contributed by atoms with van der Waals surface area (Å²) in [5, 5.41) is 9.51. The molecule has 3 rings (SSSR count). The third-order valence-electron chi connectivity index (χ3n) is 5.18. The second kappa shape index (κ2) is 8.09. The molecule has 2 amide bonds. The molecular formula is C20H31N3O2. The summed E-state index contributed by atoms with van der Waals surface area (Å²) < 4.78 is 6.03. The van der Waals surface area contributed by atoms with Crippen molar-refractivity contribution in [3.05, 3.63) is 29.8 Å². The van der Waals surface area contributed by atoms with Crippen LogP contribution in [-0.4, -0.2) is 30.3 Å². The van der Waals surface area contributed by atoms with Gasteiger partial charge in [0.05, 0.1) is 5.60 Å². The van der Waals surface area contributed by atoms with Gasteiger partial charge in [0.1, 0.15) is 0 Å². The maximum atomic E-state index is 12.3. The van der Waals surface area contributed by atoms with Crippen LogP contribution in [0.5, 0.6) is 0 Å². The number of carbonyl (C=O) groups excluding carboxylic acids is 1. The Labute approximate surface area is 150 Å². The van der Waals surface area contributed by atoms with Gasteiger partial charge in [0.2, 0.25) is 0 Å². The SMILES string of the molecule is CC(C)Nc1cccc(CNC(=O)N[C@H]2CCOC3(CCCC3)C2)c1. The third-order valence-corrected chi connectivity index (χ3v) is 5.18. The number of ether oxygens (including phenoxy) is 1. The van der Waals surface area contributed by atoms with E-state index in [1.54, 1.807) is 0 Å². The number of carbonyl (C=O) groups is 1. The zero-order chi connectivity index (χ0) is 17.7. The predicted octanol–water partition coefficient (Wildman–Crippen LogP) is 3.80. The van der Waals surface area contributed by atoms with E-state index in [1.165, 1.54) is 12.8 Å². The number of urea groups is 1. The molecule has 1 aliphatic heterocycles. The fourth-order valence-electron chi connectivity index (χ4n) is 4.04. The van der Waals surface area contributed by atoms with Crippen LogP contribution >= 0.6 is 0 Å². The van der Waals surface area contributed by atoms with Gasteiger partial charge in [-0.25, -0.2) is 4.79 Å². The molecule has 1 aliphatic carbocycles. The Bertz CT molecular complexity index is 582. The van der Waals surface area contributed by atoms with E-state index >= 15 is 0 Å². The van der Waals surface area contributed by atoms with Crippen molar-refractivity contribution in [3.8, 4) is 0 Å². The molecule has 5 heteroatoms. The van der Waals surface area contributed by atoms with E-state index < -0.39 is 0 Å². The van der Waals surface area contributed by atoms with E-state index in [0.29, 0.717) is 12.6 Å². The van der Waals surface area contributed by atoms with E-state index in [2.05, 4.69) is 35.9 Å². The van der Waals surface area contributed by atoms with Gasteiger partial charge in [-0.3, -0.25) is 0 Å². The highest BCUT2D eigenvalue weighted by Gasteiger charge is 2.40. The average molecular weight is 345 g/mol. The number of rotatable bonds is 5. The first-order chi connectivity index (χ1) is 12.0. The lowest BCUT2D eigenvalue weighted by Crippen LogP contribution is -2.49. The lowest BCUT2D eigenvalue weighted by molar-refractivity contribution is -0.0820. The Kier molecular flexibility index (Phi) is 5.84. The first-order valence-electron chi connectivity index (χ1n) is 9.58. The van der Waals surface area contributed by atoms with Crippen LogP contribution < -0.4 is 16.0 Å². The molecule has 138 valence electrons. The van der Waals surface area contributed by atoms with Gasteiger partial charge in [-0.1, -0.05) is 25.0 Å². The fraction of sp³-hybridized carbons (Fsp3) is 0.650. The molecular weight excluding hydrogens is 314 g/mol. The summed E-state index contributed by atoms with van der Waals surface area (Å²) in [5.74, 6) is 0. The van der Waals surface area contributed by atoms with Crippen molar-refractivity contribution in [2.75, 3.05) is 11.9 Å². The molecule has 1 aromatic carbocycles. The minimum Gasteiger partial charge on any atom is -0.383 e. The van der Waals surface area contributed by atoms with E-state index in [0.717, 1.165) is 43.5 Å². The van der Waals surface area contributed by atoms with Crippen molar-refractivity contribution in [1.29, 1.82) is 0 Å². The zero-order valence-corrected chi connectivity index (χ0v) is 15.4. The van der Waals surface area contributed by atoms with E-state index in [-0.39, 0.29) is 17.7 Å². The average Bonchev–Trinajstić information content (AvgIpc) is 3.00. The van der Waals surface area contributed by atoms with Crippen LogP contribution in [-0.2, 0) is 11.3 Å². The first-order valence-corrected chi connectivity index (χ1v) is 9.58. The molecule has 0 bridgehead atoms. The number of benzene rings is 1. The molecule has 0 aromatic heterocycles. The fourth-order valence-corrected chi connectivity index (χ4v) is 4.04. The van der Waals surface area contributed by atoms with E-state index in [1.807, 2.05) is 18.2 Å². The third kappa shape index (κ3) is 5.11. The Morgan fingerprint density at radius 1 is 1.32 bits per heavy atom. The minimum atomic E-state index is -0.0812. The molecule has 1 atom stereocenters. The van der Waals surface area contributed by atoms with Crippen molar-refractivity contribution in [2.45, 2.75) is 76.6 Å². The molecule has 1 aromatic rings. The van der Waals surface area contributed by atoms with E-state index in [9.17, 15) is 4.79 Å². The number of hydrogen-bond donors (Lipinski definition) is 3. The standard InChI is InChI=1S/C20H31N3O2/c1-15(2)22-17-7-5-6-16(12-17)14-21-19(24)23-18-8-11-25-20(13-18)9-3-4-10-20/h5-7,12,15,18,22H,3-4,8-11,13-14H2,1-2H3,(H2,21,23,24)/t18-/m0/s1. The van der Waals surface area contributed by atoms with Crippen LogP contribution in [0.15, 0.2) is 24.3 Å². The second-order valence-electron chi connectivity index (χ2n) is 7.75. The topological polar surface area (TPSA) is 62.4 Å². The first kappa shape index (κ1) is 18.1. The van der Waals surface area contributed by atoms with Crippen LogP contribution in [0, 0.1) is 0 Å². The Hall–Kier alpha value is -1.75. The summed E-state index contributed by atoms with van der Waals surface area (Å²) in [6.45, 7) is 5.52. The molecule has 0 unspecified atom stereocenters. The lowest BCUT2D eigenvalue weighted by Gasteiger charge is -2.38. The highest BCUT2D eigenvalue weighted by molar-refractivity contribution is 5.74. The molecule has 1 saturated heterocycles. The van der Waals surface area contributed by atoms with Crippen LogP contribution in [0.1, 0.15) is 57.9 Å². The van der Waals surface area contributed by atoms with Gasteiger partial charge in [0, 0.05) is 30.9 Å². The number of anilines is 1. The number of hydrogen-bond acceptors (Lipinski definition) is 3. The molecule has 2 fully saturated rings. The molecule has 1 heterocycles. The normalized spacial score (nSPS) is 22.1. The second-order valence-corrected chi connectivity index (χ2v) is 7.75. The Balaban J connectivity index is 1.46. The number of nitrogens with one attached hydrogen (secondary N) is 3. The van der Waals surface area contributed by atoms with Gasteiger partial charge in [-0.15, -0.1) is 0 Å². The summed E-state index contributed by atoms with van der Waals surface area (Å²) in [6, 6.07) is 8.72.